The summed E-state index contributed by atoms with van der Waals surface area (Å²) in [6.45, 7) is 5.30. The Labute approximate surface area is 118 Å². The van der Waals surface area contributed by atoms with Gasteiger partial charge in [-0.2, -0.15) is 0 Å². The molecule has 0 saturated heterocycles. The number of carbonyl (C=O) groups is 1. The van der Waals surface area contributed by atoms with Crippen LogP contribution < -0.4 is 5.73 Å². The van der Waals surface area contributed by atoms with Crippen molar-refractivity contribution < 1.29 is 4.79 Å². The fourth-order valence-corrected chi connectivity index (χ4v) is 1.94. The number of nitrogens with two attached hydrogens (primary N) is 1. The summed E-state index contributed by atoms with van der Waals surface area (Å²) >= 11 is 11.8. The number of nitrogens with zero attached hydrogens (tertiary/aromatic N) is 1. The fourth-order valence-electron chi connectivity index (χ4n) is 1.62. The van der Waals surface area contributed by atoms with Gasteiger partial charge in [0.15, 0.2) is 0 Å². The van der Waals surface area contributed by atoms with E-state index in [1.54, 1.807) is 17.0 Å². The molecule has 1 rings (SSSR count). The number of halogens is 2. The second kappa shape index (κ2) is 6.98. The van der Waals surface area contributed by atoms with Gasteiger partial charge >= 0.3 is 0 Å². The molecule has 0 bridgehead atoms. The largest absolute Gasteiger partial charge is 0.338 e. The summed E-state index contributed by atoms with van der Waals surface area (Å²) in [6.07, 6.45) is 0. The Bertz CT molecular complexity index is 423. The van der Waals surface area contributed by atoms with Crippen molar-refractivity contribution in [1.82, 2.24) is 4.90 Å². The van der Waals surface area contributed by atoms with E-state index in [-0.39, 0.29) is 11.8 Å². The Morgan fingerprint density at radius 2 is 2.06 bits per heavy atom. The number of hydrogen-bond donors (Lipinski definition) is 1. The smallest absolute Gasteiger partial charge is 0.226 e. The van der Waals surface area contributed by atoms with Crippen LogP contribution >= 0.6 is 23.2 Å². The van der Waals surface area contributed by atoms with Gasteiger partial charge in [-0.25, -0.2) is 0 Å². The zero-order chi connectivity index (χ0) is 13.7. The minimum absolute atomic E-state index is 0.0612. The minimum Gasteiger partial charge on any atom is -0.338 e. The highest BCUT2D eigenvalue weighted by atomic mass is 35.5. The van der Waals surface area contributed by atoms with E-state index in [0.717, 1.165) is 5.56 Å². The lowest BCUT2D eigenvalue weighted by molar-refractivity contribution is -0.135. The summed E-state index contributed by atoms with van der Waals surface area (Å²) in [4.78, 5) is 13.8. The lowest BCUT2D eigenvalue weighted by atomic mass is 10.1. The van der Waals surface area contributed by atoms with Crippen molar-refractivity contribution in [2.24, 2.45) is 11.7 Å². The molecule has 3 nitrogen and oxygen atoms in total. The first kappa shape index (κ1) is 15.3. The van der Waals surface area contributed by atoms with Crippen LogP contribution in [0.2, 0.25) is 10.0 Å². The van der Waals surface area contributed by atoms with Crippen LogP contribution in [-0.4, -0.2) is 23.9 Å². The summed E-state index contributed by atoms with van der Waals surface area (Å²) in [5.74, 6) is -0.0983. The van der Waals surface area contributed by atoms with Gasteiger partial charge in [-0.1, -0.05) is 36.2 Å². The Hall–Kier alpha value is -0.770. The average molecular weight is 289 g/mol. The zero-order valence-corrected chi connectivity index (χ0v) is 12.1. The van der Waals surface area contributed by atoms with Crippen LogP contribution in [0.25, 0.3) is 0 Å². The molecule has 1 atom stereocenters. The lowest BCUT2D eigenvalue weighted by Crippen LogP contribution is -2.37. The molecule has 0 aliphatic heterocycles. The Morgan fingerprint density at radius 1 is 1.39 bits per heavy atom. The van der Waals surface area contributed by atoms with Gasteiger partial charge in [0.2, 0.25) is 5.91 Å². The van der Waals surface area contributed by atoms with E-state index >= 15 is 0 Å². The first-order chi connectivity index (χ1) is 8.49. The molecule has 18 heavy (non-hydrogen) atoms. The van der Waals surface area contributed by atoms with E-state index in [4.69, 9.17) is 28.9 Å². The summed E-state index contributed by atoms with van der Waals surface area (Å²) in [6, 6.07) is 5.40. The average Bonchev–Trinajstić information content (AvgIpc) is 2.38. The molecule has 1 amide bonds. The van der Waals surface area contributed by atoms with Crippen molar-refractivity contribution in [3.63, 3.8) is 0 Å². The van der Waals surface area contributed by atoms with Crippen molar-refractivity contribution in [1.29, 1.82) is 0 Å². The second-order valence-corrected chi connectivity index (χ2v) is 5.05. The monoisotopic (exact) mass is 288 g/mol. The predicted octanol–water partition coefficient (Wildman–Crippen LogP) is 2.94. The quantitative estimate of drug-likeness (QED) is 0.906. The van der Waals surface area contributed by atoms with Crippen molar-refractivity contribution in [3.05, 3.63) is 33.8 Å². The number of carbonyl (C=O) groups excluding carboxylic acids is 1. The molecule has 1 aromatic carbocycles. The Kier molecular flexibility index (Phi) is 5.93. The maximum atomic E-state index is 12.0. The predicted molar refractivity (Wildman–Crippen MR) is 75.8 cm³/mol. The lowest BCUT2D eigenvalue weighted by Gasteiger charge is -2.24. The fraction of sp³-hybridized carbons (Fsp3) is 0.462. The summed E-state index contributed by atoms with van der Waals surface area (Å²) in [7, 11) is 0. The first-order valence-corrected chi connectivity index (χ1v) is 6.68. The van der Waals surface area contributed by atoms with Gasteiger partial charge in [-0.15, -0.1) is 0 Å². The molecule has 0 spiro atoms. The van der Waals surface area contributed by atoms with Crippen LogP contribution in [0.15, 0.2) is 18.2 Å². The van der Waals surface area contributed by atoms with Crippen LogP contribution in [0, 0.1) is 5.92 Å². The standard InChI is InChI=1S/C13H18Cl2N2O/c1-3-17(13(18)9(2)7-16)8-10-4-5-11(14)12(15)6-10/h4-6,9H,3,7-8,16H2,1-2H3. The molecule has 0 saturated carbocycles. The van der Waals surface area contributed by atoms with Gasteiger partial charge in [-0.05, 0) is 24.6 Å². The van der Waals surface area contributed by atoms with Crippen LogP contribution in [0.1, 0.15) is 19.4 Å². The highest BCUT2D eigenvalue weighted by Crippen LogP contribution is 2.23. The molecule has 2 N–H and O–H groups in total. The number of rotatable bonds is 5. The molecule has 0 heterocycles. The van der Waals surface area contributed by atoms with E-state index in [0.29, 0.717) is 29.7 Å². The van der Waals surface area contributed by atoms with E-state index in [1.807, 2.05) is 19.9 Å². The Morgan fingerprint density at radius 3 is 2.56 bits per heavy atom. The van der Waals surface area contributed by atoms with E-state index in [1.165, 1.54) is 0 Å². The van der Waals surface area contributed by atoms with E-state index in [9.17, 15) is 4.79 Å². The molecule has 0 radical (unpaired) electrons. The third-order valence-corrected chi connectivity index (χ3v) is 3.56. The number of benzene rings is 1. The minimum atomic E-state index is -0.160. The molecular weight excluding hydrogens is 271 g/mol. The Balaban J connectivity index is 2.79. The molecular formula is C13H18Cl2N2O. The second-order valence-electron chi connectivity index (χ2n) is 4.24. The maximum Gasteiger partial charge on any atom is 0.226 e. The van der Waals surface area contributed by atoms with Gasteiger partial charge in [-0.3, -0.25) is 4.79 Å². The van der Waals surface area contributed by atoms with Crippen molar-refractivity contribution in [3.8, 4) is 0 Å². The molecule has 0 aliphatic rings. The molecule has 0 aliphatic carbocycles. The molecule has 5 heteroatoms. The van der Waals surface area contributed by atoms with Gasteiger partial charge in [0.25, 0.3) is 0 Å². The van der Waals surface area contributed by atoms with Gasteiger partial charge < -0.3 is 10.6 Å². The topological polar surface area (TPSA) is 46.3 Å². The van der Waals surface area contributed by atoms with E-state index in [2.05, 4.69) is 0 Å². The van der Waals surface area contributed by atoms with Crippen LogP contribution in [-0.2, 0) is 11.3 Å². The zero-order valence-electron chi connectivity index (χ0n) is 10.6. The summed E-state index contributed by atoms with van der Waals surface area (Å²) in [5.41, 5.74) is 6.48. The van der Waals surface area contributed by atoms with E-state index < -0.39 is 0 Å². The normalized spacial score (nSPS) is 12.3. The number of amides is 1. The molecule has 0 aromatic heterocycles. The number of hydrogen-bond acceptors (Lipinski definition) is 2. The maximum absolute atomic E-state index is 12.0. The SMILES string of the molecule is CCN(Cc1ccc(Cl)c(Cl)c1)C(=O)C(C)CN. The first-order valence-electron chi connectivity index (χ1n) is 5.92. The summed E-state index contributed by atoms with van der Waals surface area (Å²) < 4.78 is 0. The molecule has 0 fully saturated rings. The van der Waals surface area contributed by atoms with Crippen LogP contribution in [0.3, 0.4) is 0 Å². The van der Waals surface area contributed by atoms with Crippen LogP contribution in [0.4, 0.5) is 0 Å². The van der Waals surface area contributed by atoms with Gasteiger partial charge in [0.05, 0.1) is 10.0 Å². The van der Waals surface area contributed by atoms with Gasteiger partial charge in [0.1, 0.15) is 0 Å². The molecule has 100 valence electrons. The highest BCUT2D eigenvalue weighted by molar-refractivity contribution is 6.42. The van der Waals surface area contributed by atoms with Crippen molar-refractivity contribution in [2.45, 2.75) is 20.4 Å². The summed E-state index contributed by atoms with van der Waals surface area (Å²) in [5, 5.41) is 1.02. The van der Waals surface area contributed by atoms with Gasteiger partial charge in [0, 0.05) is 25.6 Å². The molecule has 1 unspecified atom stereocenters. The third-order valence-electron chi connectivity index (χ3n) is 2.83. The van der Waals surface area contributed by atoms with Crippen molar-refractivity contribution >= 4 is 29.1 Å². The van der Waals surface area contributed by atoms with Crippen LogP contribution in [0.5, 0.6) is 0 Å². The molecule has 1 aromatic rings. The van der Waals surface area contributed by atoms with Crippen molar-refractivity contribution in [2.75, 3.05) is 13.1 Å². The highest BCUT2D eigenvalue weighted by Gasteiger charge is 2.18. The third kappa shape index (κ3) is 3.87.